The van der Waals surface area contributed by atoms with Crippen LogP contribution in [-0.2, 0) is 0 Å². The second-order valence-corrected chi connectivity index (χ2v) is 6.71. The van der Waals surface area contributed by atoms with Crippen LogP contribution in [0.2, 0.25) is 0 Å². The molecule has 118 valence electrons. The Hall–Kier alpha value is -2.38. The summed E-state index contributed by atoms with van der Waals surface area (Å²) in [5.74, 6) is 0. The van der Waals surface area contributed by atoms with Crippen molar-refractivity contribution in [2.75, 3.05) is 0 Å². The highest BCUT2D eigenvalue weighted by molar-refractivity contribution is 9.10. The number of rotatable bonds is 4. The van der Waals surface area contributed by atoms with E-state index in [9.17, 15) is 0 Å². The summed E-state index contributed by atoms with van der Waals surface area (Å²) in [4.78, 5) is 0. The third-order valence-corrected chi connectivity index (χ3v) is 4.35. The SMILES string of the molecule is Cc1ccc(/C=C/c2ccc(/C=C/c3ccc(Br)cc3)cc2)cc1. The van der Waals surface area contributed by atoms with Crippen molar-refractivity contribution >= 4 is 40.2 Å². The molecule has 0 heterocycles. The molecular formula is C23H19Br. The van der Waals surface area contributed by atoms with Crippen molar-refractivity contribution in [3.63, 3.8) is 0 Å². The zero-order valence-corrected chi connectivity index (χ0v) is 15.2. The van der Waals surface area contributed by atoms with Crippen molar-refractivity contribution < 1.29 is 0 Å². The van der Waals surface area contributed by atoms with Crippen LogP contribution < -0.4 is 0 Å². The second-order valence-electron chi connectivity index (χ2n) is 5.80. The average molecular weight is 375 g/mol. The lowest BCUT2D eigenvalue weighted by Gasteiger charge is -1.98. The fraction of sp³-hybridized carbons (Fsp3) is 0.0435. The first-order chi connectivity index (χ1) is 11.7. The Morgan fingerprint density at radius 2 is 0.792 bits per heavy atom. The molecule has 0 nitrogen and oxygen atoms in total. The number of halogens is 1. The molecule has 0 atom stereocenters. The minimum Gasteiger partial charge on any atom is -0.0587 e. The molecule has 1 heteroatoms. The van der Waals surface area contributed by atoms with Gasteiger partial charge in [-0.1, -0.05) is 106 Å². The summed E-state index contributed by atoms with van der Waals surface area (Å²) in [5, 5.41) is 0. The first-order valence-electron chi connectivity index (χ1n) is 7.97. The van der Waals surface area contributed by atoms with Gasteiger partial charge in [-0.2, -0.15) is 0 Å². The summed E-state index contributed by atoms with van der Waals surface area (Å²) in [6.07, 6.45) is 8.55. The van der Waals surface area contributed by atoms with Gasteiger partial charge in [0.25, 0.3) is 0 Å². The molecule has 0 aliphatic heterocycles. The molecule has 0 radical (unpaired) electrons. The quantitative estimate of drug-likeness (QED) is 0.427. The van der Waals surface area contributed by atoms with E-state index in [-0.39, 0.29) is 0 Å². The topological polar surface area (TPSA) is 0 Å². The lowest BCUT2D eigenvalue weighted by Crippen LogP contribution is -1.76. The molecule has 3 rings (SSSR count). The minimum atomic E-state index is 1.10. The molecule has 0 aliphatic carbocycles. The van der Waals surface area contributed by atoms with Crippen LogP contribution in [0.4, 0.5) is 0 Å². The Morgan fingerprint density at radius 1 is 0.500 bits per heavy atom. The van der Waals surface area contributed by atoms with E-state index in [0.29, 0.717) is 0 Å². The summed E-state index contributed by atoms with van der Waals surface area (Å²) in [5.41, 5.74) is 6.11. The molecule has 0 N–H and O–H groups in total. The van der Waals surface area contributed by atoms with Crippen LogP contribution in [-0.4, -0.2) is 0 Å². The minimum absolute atomic E-state index is 1.10. The maximum atomic E-state index is 3.45. The van der Waals surface area contributed by atoms with Gasteiger partial charge < -0.3 is 0 Å². The van der Waals surface area contributed by atoms with Crippen molar-refractivity contribution in [3.8, 4) is 0 Å². The van der Waals surface area contributed by atoms with Crippen molar-refractivity contribution in [2.45, 2.75) is 6.92 Å². The highest BCUT2D eigenvalue weighted by atomic mass is 79.9. The summed E-state index contributed by atoms with van der Waals surface area (Å²) in [7, 11) is 0. The average Bonchev–Trinajstić information content (AvgIpc) is 2.62. The number of benzene rings is 3. The molecule has 0 spiro atoms. The van der Waals surface area contributed by atoms with E-state index in [0.717, 1.165) is 4.47 Å². The maximum Gasteiger partial charge on any atom is 0.0175 e. The molecule has 24 heavy (non-hydrogen) atoms. The maximum absolute atomic E-state index is 3.45. The molecular weight excluding hydrogens is 356 g/mol. The summed E-state index contributed by atoms with van der Waals surface area (Å²) >= 11 is 3.45. The lowest BCUT2D eigenvalue weighted by atomic mass is 10.1. The molecule has 0 saturated carbocycles. The van der Waals surface area contributed by atoms with Gasteiger partial charge in [0.1, 0.15) is 0 Å². The van der Waals surface area contributed by atoms with Gasteiger partial charge in [0, 0.05) is 4.47 Å². The monoisotopic (exact) mass is 374 g/mol. The molecule has 0 amide bonds. The van der Waals surface area contributed by atoms with Gasteiger partial charge in [-0.15, -0.1) is 0 Å². The van der Waals surface area contributed by atoms with Crippen molar-refractivity contribution in [1.29, 1.82) is 0 Å². The van der Waals surface area contributed by atoms with E-state index < -0.39 is 0 Å². The van der Waals surface area contributed by atoms with Crippen LogP contribution in [0, 0.1) is 6.92 Å². The Labute approximate surface area is 152 Å². The molecule has 0 aromatic heterocycles. The molecule has 0 unspecified atom stereocenters. The van der Waals surface area contributed by atoms with Gasteiger partial charge in [0.05, 0.1) is 0 Å². The molecule has 0 bridgehead atoms. The normalized spacial score (nSPS) is 11.4. The van der Waals surface area contributed by atoms with Crippen molar-refractivity contribution in [3.05, 3.63) is 105 Å². The Kier molecular flexibility index (Phi) is 5.45. The van der Waals surface area contributed by atoms with Crippen LogP contribution in [0.5, 0.6) is 0 Å². The van der Waals surface area contributed by atoms with E-state index in [2.05, 4.69) is 120 Å². The Balaban J connectivity index is 1.66. The van der Waals surface area contributed by atoms with Crippen molar-refractivity contribution in [1.82, 2.24) is 0 Å². The van der Waals surface area contributed by atoms with E-state index in [1.54, 1.807) is 0 Å². The molecule has 0 saturated heterocycles. The number of hydrogen-bond donors (Lipinski definition) is 0. The molecule has 3 aromatic rings. The van der Waals surface area contributed by atoms with Gasteiger partial charge >= 0.3 is 0 Å². The highest BCUT2D eigenvalue weighted by Crippen LogP contribution is 2.15. The number of aryl methyl sites for hydroxylation is 1. The molecule has 0 aliphatic rings. The van der Waals surface area contributed by atoms with E-state index >= 15 is 0 Å². The summed E-state index contributed by atoms with van der Waals surface area (Å²) in [6, 6.07) is 25.4. The largest absolute Gasteiger partial charge is 0.0587 e. The van der Waals surface area contributed by atoms with E-state index in [1.165, 1.54) is 27.8 Å². The number of hydrogen-bond acceptors (Lipinski definition) is 0. The first kappa shape index (κ1) is 16.5. The summed E-state index contributed by atoms with van der Waals surface area (Å²) in [6.45, 7) is 2.11. The van der Waals surface area contributed by atoms with Gasteiger partial charge in [0.15, 0.2) is 0 Å². The van der Waals surface area contributed by atoms with Gasteiger partial charge in [-0.25, -0.2) is 0 Å². The summed E-state index contributed by atoms with van der Waals surface area (Å²) < 4.78 is 1.10. The Bertz CT molecular complexity index is 762. The smallest absolute Gasteiger partial charge is 0.0175 e. The van der Waals surface area contributed by atoms with Crippen LogP contribution in [0.1, 0.15) is 27.8 Å². The second kappa shape index (κ2) is 7.94. The van der Waals surface area contributed by atoms with Crippen LogP contribution >= 0.6 is 15.9 Å². The zero-order chi connectivity index (χ0) is 16.8. The van der Waals surface area contributed by atoms with Gasteiger partial charge in [-0.05, 0) is 41.3 Å². The fourth-order valence-corrected chi connectivity index (χ4v) is 2.62. The van der Waals surface area contributed by atoms with E-state index in [1.807, 2.05) is 0 Å². The Morgan fingerprint density at radius 3 is 1.17 bits per heavy atom. The fourth-order valence-electron chi connectivity index (χ4n) is 2.35. The predicted molar refractivity (Wildman–Crippen MR) is 110 cm³/mol. The van der Waals surface area contributed by atoms with Crippen LogP contribution in [0.3, 0.4) is 0 Å². The van der Waals surface area contributed by atoms with Crippen LogP contribution in [0.25, 0.3) is 24.3 Å². The molecule has 0 fully saturated rings. The van der Waals surface area contributed by atoms with Crippen molar-refractivity contribution in [2.24, 2.45) is 0 Å². The van der Waals surface area contributed by atoms with Crippen LogP contribution in [0.15, 0.2) is 77.3 Å². The first-order valence-corrected chi connectivity index (χ1v) is 8.77. The predicted octanol–water partition coefficient (Wildman–Crippen LogP) is 7.10. The van der Waals surface area contributed by atoms with Gasteiger partial charge in [0.2, 0.25) is 0 Å². The third kappa shape index (κ3) is 4.81. The molecule has 3 aromatic carbocycles. The third-order valence-electron chi connectivity index (χ3n) is 3.82. The standard InChI is InChI=1S/C23H19Br/c1-18-2-4-19(5-3-18)6-7-20-8-10-21(11-9-20)12-13-22-14-16-23(24)17-15-22/h2-17H,1H3/b7-6+,13-12+. The zero-order valence-electron chi connectivity index (χ0n) is 13.6. The van der Waals surface area contributed by atoms with E-state index in [4.69, 9.17) is 0 Å². The lowest BCUT2D eigenvalue weighted by molar-refractivity contribution is 1.46. The van der Waals surface area contributed by atoms with Gasteiger partial charge in [-0.3, -0.25) is 0 Å². The highest BCUT2D eigenvalue weighted by Gasteiger charge is 1.92.